The number of aliphatic hydroxyl groups is 1. The Bertz CT molecular complexity index is 327. The molecule has 0 heterocycles. The van der Waals surface area contributed by atoms with Crippen LogP contribution in [-0.4, -0.2) is 10.2 Å². The van der Waals surface area contributed by atoms with Crippen LogP contribution in [0.15, 0.2) is 36.4 Å². The molecule has 94 valence electrons. The Morgan fingerprint density at radius 3 is 2.47 bits per heavy atom. The summed E-state index contributed by atoms with van der Waals surface area (Å²) in [6.45, 7) is 2.04. The van der Waals surface area contributed by atoms with Gasteiger partial charge in [0.15, 0.2) is 0 Å². The lowest BCUT2D eigenvalue weighted by atomic mass is 10.0. The van der Waals surface area contributed by atoms with Crippen molar-refractivity contribution in [2.75, 3.05) is 0 Å². The maximum atomic E-state index is 9.92. The van der Waals surface area contributed by atoms with Gasteiger partial charge in [-0.15, -0.1) is 0 Å². The summed E-state index contributed by atoms with van der Waals surface area (Å²) in [5.74, 6) is 0.243. The molecule has 1 unspecified atom stereocenters. The number of allylic oxidation sites excluding steroid dienone is 2. The topological polar surface area (TPSA) is 40.5 Å². The van der Waals surface area contributed by atoms with E-state index in [1.165, 1.54) is 6.42 Å². The van der Waals surface area contributed by atoms with E-state index in [1.807, 2.05) is 6.92 Å². The van der Waals surface area contributed by atoms with E-state index in [0.717, 1.165) is 31.2 Å². The fraction of sp³-hybridized carbons (Fsp3) is 0.467. The summed E-state index contributed by atoms with van der Waals surface area (Å²) in [6, 6.07) is 6.79. The van der Waals surface area contributed by atoms with E-state index in [4.69, 9.17) is 5.11 Å². The largest absolute Gasteiger partial charge is 0.508 e. The molecule has 0 bridgehead atoms. The second-order valence-corrected chi connectivity index (χ2v) is 4.31. The first kappa shape index (κ1) is 13.8. The fourth-order valence-electron chi connectivity index (χ4n) is 1.81. The summed E-state index contributed by atoms with van der Waals surface area (Å²) in [6.07, 6.45) is 9.15. The lowest BCUT2D eigenvalue weighted by Gasteiger charge is -2.10. The van der Waals surface area contributed by atoms with Gasteiger partial charge in [0.05, 0.1) is 6.10 Å². The molecule has 0 saturated carbocycles. The summed E-state index contributed by atoms with van der Waals surface area (Å²) in [5, 5.41) is 19.1. The van der Waals surface area contributed by atoms with Crippen molar-refractivity contribution in [2.24, 2.45) is 0 Å². The third-order valence-corrected chi connectivity index (χ3v) is 2.86. The highest BCUT2D eigenvalue weighted by Gasteiger charge is 2.06. The second-order valence-electron chi connectivity index (χ2n) is 4.31. The summed E-state index contributed by atoms with van der Waals surface area (Å²) >= 11 is 0. The summed E-state index contributed by atoms with van der Waals surface area (Å²) in [4.78, 5) is 0. The SMILES string of the molecule is CC=CCCCCCC(O)c1ccc(O)cc1. The predicted octanol–water partition coefficient (Wildman–Crippen LogP) is 3.95. The maximum Gasteiger partial charge on any atom is 0.115 e. The third-order valence-electron chi connectivity index (χ3n) is 2.86. The number of aliphatic hydroxyl groups excluding tert-OH is 1. The van der Waals surface area contributed by atoms with Crippen LogP contribution in [0.2, 0.25) is 0 Å². The Morgan fingerprint density at radius 2 is 1.82 bits per heavy atom. The van der Waals surface area contributed by atoms with Gasteiger partial charge in [0.25, 0.3) is 0 Å². The van der Waals surface area contributed by atoms with E-state index in [9.17, 15) is 5.11 Å². The third kappa shape index (κ3) is 5.55. The maximum absolute atomic E-state index is 9.92. The van der Waals surface area contributed by atoms with Gasteiger partial charge in [-0.2, -0.15) is 0 Å². The Balaban J connectivity index is 2.20. The van der Waals surface area contributed by atoms with Crippen LogP contribution in [0, 0.1) is 0 Å². The van der Waals surface area contributed by atoms with Gasteiger partial charge in [-0.05, 0) is 43.9 Å². The molecule has 2 N–H and O–H groups in total. The molecule has 1 aromatic rings. The van der Waals surface area contributed by atoms with Crippen molar-refractivity contribution >= 4 is 0 Å². The average molecular weight is 234 g/mol. The van der Waals surface area contributed by atoms with Crippen molar-refractivity contribution in [2.45, 2.75) is 45.1 Å². The van der Waals surface area contributed by atoms with Crippen LogP contribution in [0.25, 0.3) is 0 Å². The number of hydrogen-bond donors (Lipinski definition) is 2. The molecule has 2 nitrogen and oxygen atoms in total. The van der Waals surface area contributed by atoms with Crippen LogP contribution < -0.4 is 0 Å². The van der Waals surface area contributed by atoms with Gasteiger partial charge in [0.1, 0.15) is 5.75 Å². The van der Waals surface area contributed by atoms with Crippen LogP contribution in [0.5, 0.6) is 5.75 Å². The zero-order valence-corrected chi connectivity index (χ0v) is 10.5. The van der Waals surface area contributed by atoms with E-state index in [1.54, 1.807) is 24.3 Å². The molecule has 0 aliphatic heterocycles. The molecule has 0 fully saturated rings. The Morgan fingerprint density at radius 1 is 1.12 bits per heavy atom. The van der Waals surface area contributed by atoms with Crippen molar-refractivity contribution in [3.05, 3.63) is 42.0 Å². The predicted molar refractivity (Wildman–Crippen MR) is 71.0 cm³/mol. The summed E-state index contributed by atoms with van der Waals surface area (Å²) in [5.41, 5.74) is 0.885. The number of hydrogen-bond acceptors (Lipinski definition) is 2. The molecule has 0 amide bonds. The van der Waals surface area contributed by atoms with E-state index in [0.29, 0.717) is 0 Å². The first-order valence-corrected chi connectivity index (χ1v) is 6.32. The average Bonchev–Trinajstić information content (AvgIpc) is 2.34. The van der Waals surface area contributed by atoms with Gasteiger partial charge < -0.3 is 10.2 Å². The molecule has 0 spiro atoms. The van der Waals surface area contributed by atoms with Crippen molar-refractivity contribution in [1.29, 1.82) is 0 Å². The minimum Gasteiger partial charge on any atom is -0.508 e. The highest BCUT2D eigenvalue weighted by Crippen LogP contribution is 2.21. The van der Waals surface area contributed by atoms with E-state index >= 15 is 0 Å². The molecule has 0 aliphatic rings. The molecule has 1 atom stereocenters. The van der Waals surface area contributed by atoms with Gasteiger partial charge in [0.2, 0.25) is 0 Å². The molecule has 0 aromatic heterocycles. The first-order valence-electron chi connectivity index (χ1n) is 6.32. The highest BCUT2D eigenvalue weighted by molar-refractivity contribution is 5.27. The lowest BCUT2D eigenvalue weighted by molar-refractivity contribution is 0.163. The molecule has 0 aliphatic carbocycles. The zero-order valence-electron chi connectivity index (χ0n) is 10.5. The number of rotatable bonds is 7. The smallest absolute Gasteiger partial charge is 0.115 e. The Labute approximate surface area is 104 Å². The number of benzene rings is 1. The van der Waals surface area contributed by atoms with E-state index in [-0.39, 0.29) is 5.75 Å². The number of phenols is 1. The minimum absolute atomic E-state index is 0.243. The van der Waals surface area contributed by atoms with Crippen LogP contribution in [0.4, 0.5) is 0 Å². The molecule has 1 rings (SSSR count). The first-order chi connectivity index (χ1) is 8.24. The van der Waals surface area contributed by atoms with Crippen LogP contribution in [0.1, 0.15) is 50.7 Å². The number of aromatic hydroxyl groups is 1. The quantitative estimate of drug-likeness (QED) is 0.554. The van der Waals surface area contributed by atoms with Gasteiger partial charge in [-0.25, -0.2) is 0 Å². The number of unbranched alkanes of at least 4 members (excludes halogenated alkanes) is 3. The van der Waals surface area contributed by atoms with Crippen molar-refractivity contribution in [3.8, 4) is 5.75 Å². The van der Waals surface area contributed by atoms with E-state index < -0.39 is 6.10 Å². The standard InChI is InChI=1S/C15H22O2/c1-2-3-4-5-6-7-8-15(17)13-9-11-14(16)12-10-13/h2-3,9-12,15-17H,4-8H2,1H3. The second kappa shape index (κ2) is 7.91. The van der Waals surface area contributed by atoms with Gasteiger partial charge in [-0.1, -0.05) is 37.1 Å². The van der Waals surface area contributed by atoms with Gasteiger partial charge in [0, 0.05) is 0 Å². The minimum atomic E-state index is -0.405. The van der Waals surface area contributed by atoms with Crippen molar-refractivity contribution < 1.29 is 10.2 Å². The lowest BCUT2D eigenvalue weighted by Crippen LogP contribution is -1.96. The molecular weight excluding hydrogens is 212 g/mol. The van der Waals surface area contributed by atoms with Crippen LogP contribution >= 0.6 is 0 Å². The zero-order chi connectivity index (χ0) is 12.5. The molecule has 17 heavy (non-hydrogen) atoms. The van der Waals surface area contributed by atoms with E-state index in [2.05, 4.69) is 12.2 Å². The fourth-order valence-corrected chi connectivity index (χ4v) is 1.81. The van der Waals surface area contributed by atoms with Crippen molar-refractivity contribution in [3.63, 3.8) is 0 Å². The van der Waals surface area contributed by atoms with Gasteiger partial charge in [-0.3, -0.25) is 0 Å². The van der Waals surface area contributed by atoms with Crippen molar-refractivity contribution in [1.82, 2.24) is 0 Å². The normalized spacial score (nSPS) is 13.1. The van der Waals surface area contributed by atoms with Crippen LogP contribution in [0.3, 0.4) is 0 Å². The summed E-state index contributed by atoms with van der Waals surface area (Å²) in [7, 11) is 0. The highest BCUT2D eigenvalue weighted by atomic mass is 16.3. The summed E-state index contributed by atoms with van der Waals surface area (Å²) < 4.78 is 0. The molecule has 2 heteroatoms. The monoisotopic (exact) mass is 234 g/mol. The van der Waals surface area contributed by atoms with Gasteiger partial charge >= 0.3 is 0 Å². The Kier molecular flexibility index (Phi) is 6.41. The molecule has 0 saturated heterocycles. The Hall–Kier alpha value is -1.28. The molecule has 1 aromatic carbocycles. The number of phenolic OH excluding ortho intramolecular Hbond substituents is 1. The molecule has 0 radical (unpaired) electrons. The van der Waals surface area contributed by atoms with Crippen LogP contribution in [-0.2, 0) is 0 Å². The molecular formula is C15H22O2.